The Bertz CT molecular complexity index is 318. The van der Waals surface area contributed by atoms with Crippen molar-refractivity contribution in [2.45, 2.75) is 19.9 Å². The molecule has 0 atom stereocenters. The summed E-state index contributed by atoms with van der Waals surface area (Å²) in [7, 11) is 0. The molecule has 84 valence electrons. The van der Waals surface area contributed by atoms with Crippen LogP contribution in [0.5, 0.6) is 5.88 Å². The number of aromatic nitrogens is 1. The summed E-state index contributed by atoms with van der Waals surface area (Å²) < 4.78 is 30.5. The summed E-state index contributed by atoms with van der Waals surface area (Å²) in [6, 6.07) is 1.10. The van der Waals surface area contributed by atoms with Crippen molar-refractivity contribution < 1.29 is 13.5 Å². The van der Waals surface area contributed by atoms with Gasteiger partial charge in [0.1, 0.15) is 12.4 Å². The SMILES string of the molecule is CC(C)NCCOc1ncc(F)cc1F. The number of rotatable bonds is 5. The molecule has 0 saturated carbocycles. The minimum Gasteiger partial charge on any atom is -0.474 e. The Hall–Kier alpha value is -1.23. The van der Waals surface area contributed by atoms with Gasteiger partial charge in [-0.1, -0.05) is 13.8 Å². The molecular formula is C10H14F2N2O. The van der Waals surface area contributed by atoms with Crippen LogP contribution < -0.4 is 10.1 Å². The van der Waals surface area contributed by atoms with Crippen molar-refractivity contribution in [1.29, 1.82) is 0 Å². The Kier molecular flexibility index (Phi) is 4.42. The summed E-state index contributed by atoms with van der Waals surface area (Å²) in [4.78, 5) is 3.49. The molecule has 0 radical (unpaired) electrons. The normalized spacial score (nSPS) is 10.7. The van der Waals surface area contributed by atoms with Crippen LogP contribution in [0.4, 0.5) is 8.78 Å². The Morgan fingerprint density at radius 1 is 1.47 bits per heavy atom. The third-order valence-corrected chi connectivity index (χ3v) is 1.67. The van der Waals surface area contributed by atoms with E-state index < -0.39 is 11.6 Å². The fourth-order valence-electron chi connectivity index (χ4n) is 1.00. The first-order chi connectivity index (χ1) is 7.09. The Labute approximate surface area is 87.5 Å². The van der Waals surface area contributed by atoms with Crippen molar-refractivity contribution in [3.05, 3.63) is 23.9 Å². The highest BCUT2D eigenvalue weighted by atomic mass is 19.1. The van der Waals surface area contributed by atoms with Gasteiger partial charge in [0, 0.05) is 18.7 Å². The van der Waals surface area contributed by atoms with Gasteiger partial charge in [-0.15, -0.1) is 0 Å². The van der Waals surface area contributed by atoms with Crippen LogP contribution in [0.2, 0.25) is 0 Å². The first-order valence-corrected chi connectivity index (χ1v) is 4.77. The van der Waals surface area contributed by atoms with Crippen molar-refractivity contribution in [1.82, 2.24) is 10.3 Å². The van der Waals surface area contributed by atoms with E-state index in [1.807, 2.05) is 13.8 Å². The maximum absolute atomic E-state index is 13.0. The van der Waals surface area contributed by atoms with Crippen molar-refractivity contribution in [2.24, 2.45) is 0 Å². The minimum atomic E-state index is -0.778. The lowest BCUT2D eigenvalue weighted by molar-refractivity contribution is 0.281. The molecule has 0 spiro atoms. The van der Waals surface area contributed by atoms with E-state index in [4.69, 9.17) is 4.74 Å². The van der Waals surface area contributed by atoms with E-state index in [1.54, 1.807) is 0 Å². The second-order valence-electron chi connectivity index (χ2n) is 3.40. The molecule has 1 aromatic heterocycles. The zero-order valence-electron chi connectivity index (χ0n) is 8.76. The standard InChI is InChI=1S/C10H14F2N2O/c1-7(2)13-3-4-15-10-9(12)5-8(11)6-14-10/h5-7,13H,3-4H2,1-2H3. The van der Waals surface area contributed by atoms with Gasteiger partial charge in [0.25, 0.3) is 5.88 Å². The zero-order valence-corrected chi connectivity index (χ0v) is 8.76. The van der Waals surface area contributed by atoms with Crippen molar-refractivity contribution in [2.75, 3.05) is 13.2 Å². The van der Waals surface area contributed by atoms with Gasteiger partial charge in [-0.25, -0.2) is 13.8 Å². The summed E-state index contributed by atoms with van der Waals surface area (Å²) >= 11 is 0. The zero-order chi connectivity index (χ0) is 11.3. The lowest BCUT2D eigenvalue weighted by Crippen LogP contribution is -2.27. The van der Waals surface area contributed by atoms with Crippen molar-refractivity contribution >= 4 is 0 Å². The van der Waals surface area contributed by atoms with E-state index in [0.717, 1.165) is 12.3 Å². The topological polar surface area (TPSA) is 34.1 Å². The molecule has 0 amide bonds. The molecule has 0 fully saturated rings. The van der Waals surface area contributed by atoms with E-state index in [1.165, 1.54) is 0 Å². The fourth-order valence-corrected chi connectivity index (χ4v) is 1.00. The molecule has 1 heterocycles. The average Bonchev–Trinajstić information content (AvgIpc) is 2.14. The first kappa shape index (κ1) is 11.8. The number of ether oxygens (including phenoxy) is 1. The van der Waals surface area contributed by atoms with Gasteiger partial charge in [-0.3, -0.25) is 0 Å². The number of nitrogens with zero attached hydrogens (tertiary/aromatic N) is 1. The Morgan fingerprint density at radius 3 is 2.80 bits per heavy atom. The second-order valence-corrected chi connectivity index (χ2v) is 3.40. The largest absolute Gasteiger partial charge is 0.474 e. The molecule has 1 N–H and O–H groups in total. The minimum absolute atomic E-state index is 0.165. The molecule has 0 aliphatic carbocycles. The molecule has 1 rings (SSSR count). The van der Waals surface area contributed by atoms with Gasteiger partial charge >= 0.3 is 0 Å². The molecule has 0 bridgehead atoms. The summed E-state index contributed by atoms with van der Waals surface area (Å²) in [6.07, 6.45) is 0.925. The van der Waals surface area contributed by atoms with Crippen LogP contribution in [-0.2, 0) is 0 Å². The van der Waals surface area contributed by atoms with Crippen LogP contribution in [0.3, 0.4) is 0 Å². The molecule has 0 saturated heterocycles. The van der Waals surface area contributed by atoms with Crippen molar-refractivity contribution in [3.8, 4) is 5.88 Å². The van der Waals surface area contributed by atoms with E-state index in [9.17, 15) is 8.78 Å². The summed E-state index contributed by atoms with van der Waals surface area (Å²) in [5.74, 6) is -1.65. The molecule has 3 nitrogen and oxygen atoms in total. The van der Waals surface area contributed by atoms with Gasteiger partial charge in [0.15, 0.2) is 5.82 Å². The van der Waals surface area contributed by atoms with Crippen LogP contribution in [0, 0.1) is 11.6 Å². The lowest BCUT2D eigenvalue weighted by atomic mass is 10.4. The first-order valence-electron chi connectivity index (χ1n) is 4.77. The third-order valence-electron chi connectivity index (χ3n) is 1.67. The smallest absolute Gasteiger partial charge is 0.250 e. The van der Waals surface area contributed by atoms with Crippen LogP contribution in [0.25, 0.3) is 0 Å². The van der Waals surface area contributed by atoms with E-state index in [0.29, 0.717) is 19.2 Å². The number of pyridine rings is 1. The summed E-state index contributed by atoms with van der Waals surface area (Å²) in [5.41, 5.74) is 0. The molecule has 15 heavy (non-hydrogen) atoms. The molecular weight excluding hydrogens is 202 g/mol. The van der Waals surface area contributed by atoms with Crippen LogP contribution in [0.1, 0.15) is 13.8 Å². The molecule has 5 heteroatoms. The van der Waals surface area contributed by atoms with Crippen LogP contribution >= 0.6 is 0 Å². The molecule has 0 aliphatic heterocycles. The lowest BCUT2D eigenvalue weighted by Gasteiger charge is -2.09. The van der Waals surface area contributed by atoms with E-state index in [-0.39, 0.29) is 5.88 Å². The maximum atomic E-state index is 13.0. The molecule has 0 aliphatic rings. The van der Waals surface area contributed by atoms with Gasteiger partial charge < -0.3 is 10.1 Å². The Morgan fingerprint density at radius 2 is 2.20 bits per heavy atom. The predicted molar refractivity (Wildman–Crippen MR) is 52.8 cm³/mol. The average molecular weight is 216 g/mol. The molecule has 0 aromatic carbocycles. The van der Waals surface area contributed by atoms with Crippen LogP contribution in [0.15, 0.2) is 12.3 Å². The predicted octanol–water partition coefficient (Wildman–Crippen LogP) is 1.74. The maximum Gasteiger partial charge on any atom is 0.250 e. The molecule has 0 unspecified atom stereocenters. The van der Waals surface area contributed by atoms with Gasteiger partial charge in [0.2, 0.25) is 0 Å². The monoisotopic (exact) mass is 216 g/mol. The third kappa shape index (κ3) is 4.20. The highest BCUT2D eigenvalue weighted by molar-refractivity contribution is 5.13. The van der Waals surface area contributed by atoms with Crippen LogP contribution in [-0.4, -0.2) is 24.2 Å². The van der Waals surface area contributed by atoms with Crippen molar-refractivity contribution in [3.63, 3.8) is 0 Å². The fraction of sp³-hybridized carbons (Fsp3) is 0.500. The number of hydrogen-bond donors (Lipinski definition) is 1. The Balaban J connectivity index is 2.37. The quantitative estimate of drug-likeness (QED) is 0.761. The van der Waals surface area contributed by atoms with Gasteiger partial charge in [0.05, 0.1) is 6.20 Å². The number of nitrogens with one attached hydrogen (secondary N) is 1. The number of halogens is 2. The van der Waals surface area contributed by atoms with Gasteiger partial charge in [-0.2, -0.15) is 0 Å². The van der Waals surface area contributed by atoms with E-state index in [2.05, 4.69) is 10.3 Å². The summed E-state index contributed by atoms with van der Waals surface area (Å²) in [6.45, 7) is 4.89. The highest BCUT2D eigenvalue weighted by Gasteiger charge is 2.05. The highest BCUT2D eigenvalue weighted by Crippen LogP contribution is 2.13. The second kappa shape index (κ2) is 5.60. The van der Waals surface area contributed by atoms with E-state index >= 15 is 0 Å². The van der Waals surface area contributed by atoms with Gasteiger partial charge in [-0.05, 0) is 0 Å². The number of hydrogen-bond acceptors (Lipinski definition) is 3. The molecule has 1 aromatic rings. The summed E-state index contributed by atoms with van der Waals surface area (Å²) in [5, 5.41) is 3.10.